The Morgan fingerprint density at radius 3 is 2.30 bits per heavy atom. The molecule has 1 unspecified atom stereocenters. The molecule has 3 aromatic rings. The van der Waals surface area contributed by atoms with Crippen molar-refractivity contribution in [1.82, 2.24) is 4.57 Å². The summed E-state index contributed by atoms with van der Waals surface area (Å²) >= 11 is 0. The lowest BCUT2D eigenvalue weighted by molar-refractivity contribution is 0.391. The van der Waals surface area contributed by atoms with Gasteiger partial charge in [-0.25, -0.2) is 0 Å². The number of aromatic nitrogens is 1. The summed E-state index contributed by atoms with van der Waals surface area (Å²) in [7, 11) is 0. The summed E-state index contributed by atoms with van der Waals surface area (Å²) in [6.45, 7) is 6.78. The summed E-state index contributed by atoms with van der Waals surface area (Å²) in [4.78, 5) is 0. The van der Waals surface area contributed by atoms with Crippen LogP contribution >= 0.6 is 0 Å². The number of hydrogen-bond acceptors (Lipinski definition) is 0. The second-order valence-corrected chi connectivity index (χ2v) is 5.69. The molecule has 1 atom stereocenters. The van der Waals surface area contributed by atoms with Crippen molar-refractivity contribution in [2.24, 2.45) is 0 Å². The van der Waals surface area contributed by atoms with Crippen LogP contribution in [0.2, 0.25) is 0 Å². The average Bonchev–Trinajstić information content (AvgIpc) is 2.85. The highest BCUT2D eigenvalue weighted by molar-refractivity contribution is 5.84. The van der Waals surface area contributed by atoms with Gasteiger partial charge in [-0.2, -0.15) is 0 Å². The van der Waals surface area contributed by atoms with Gasteiger partial charge in [0.05, 0.1) is 5.54 Å². The van der Waals surface area contributed by atoms with Gasteiger partial charge in [0, 0.05) is 17.1 Å². The van der Waals surface area contributed by atoms with Gasteiger partial charge in [-0.05, 0) is 37.5 Å². The van der Waals surface area contributed by atoms with Crippen LogP contribution in [0.3, 0.4) is 0 Å². The van der Waals surface area contributed by atoms with Crippen LogP contribution in [0.1, 0.15) is 31.4 Å². The molecule has 0 N–H and O–H groups in total. The van der Waals surface area contributed by atoms with Crippen molar-refractivity contribution >= 4 is 10.9 Å². The molecule has 1 aromatic heterocycles. The van der Waals surface area contributed by atoms with E-state index in [0.29, 0.717) is 0 Å². The second kappa shape index (κ2) is 4.82. The highest BCUT2D eigenvalue weighted by atomic mass is 15.0. The van der Waals surface area contributed by atoms with E-state index in [1.165, 1.54) is 22.0 Å². The first-order valence-corrected chi connectivity index (χ1v) is 7.29. The minimum absolute atomic E-state index is 0.00484. The zero-order chi connectivity index (χ0) is 14.2. The van der Waals surface area contributed by atoms with E-state index in [4.69, 9.17) is 0 Å². The van der Waals surface area contributed by atoms with E-state index < -0.39 is 0 Å². The summed E-state index contributed by atoms with van der Waals surface area (Å²) in [6, 6.07) is 19.5. The van der Waals surface area contributed by atoms with Gasteiger partial charge in [0.25, 0.3) is 0 Å². The Hall–Kier alpha value is -2.02. The predicted octanol–water partition coefficient (Wildman–Crippen LogP) is 5.12. The molecule has 0 saturated heterocycles. The van der Waals surface area contributed by atoms with E-state index in [-0.39, 0.29) is 5.54 Å². The van der Waals surface area contributed by atoms with Crippen LogP contribution in [-0.2, 0) is 5.54 Å². The van der Waals surface area contributed by atoms with Crippen molar-refractivity contribution < 1.29 is 0 Å². The van der Waals surface area contributed by atoms with E-state index >= 15 is 0 Å². The van der Waals surface area contributed by atoms with E-state index in [1.54, 1.807) is 0 Å². The van der Waals surface area contributed by atoms with Crippen LogP contribution in [0.5, 0.6) is 0 Å². The molecule has 0 fully saturated rings. The summed E-state index contributed by atoms with van der Waals surface area (Å²) < 4.78 is 2.44. The summed E-state index contributed by atoms with van der Waals surface area (Å²) in [6.07, 6.45) is 3.36. The van der Waals surface area contributed by atoms with Gasteiger partial charge in [-0.1, -0.05) is 55.5 Å². The number of nitrogens with zero attached hydrogens (tertiary/aromatic N) is 1. The molecular formula is C19H21N. The van der Waals surface area contributed by atoms with E-state index in [2.05, 4.69) is 86.1 Å². The average molecular weight is 263 g/mol. The number of hydrogen-bond donors (Lipinski definition) is 0. The van der Waals surface area contributed by atoms with Crippen molar-refractivity contribution in [3.63, 3.8) is 0 Å². The Morgan fingerprint density at radius 1 is 0.950 bits per heavy atom. The maximum atomic E-state index is 2.44. The van der Waals surface area contributed by atoms with Gasteiger partial charge in [0.1, 0.15) is 0 Å². The third kappa shape index (κ3) is 1.85. The van der Waals surface area contributed by atoms with Crippen molar-refractivity contribution in [1.29, 1.82) is 0 Å². The predicted molar refractivity (Wildman–Crippen MR) is 86.2 cm³/mol. The lowest BCUT2D eigenvalue weighted by atomic mass is 9.89. The quantitative estimate of drug-likeness (QED) is 0.618. The minimum atomic E-state index is -0.00484. The number of rotatable bonds is 3. The van der Waals surface area contributed by atoms with Gasteiger partial charge in [-0.15, -0.1) is 0 Å². The van der Waals surface area contributed by atoms with Crippen LogP contribution in [0, 0.1) is 6.92 Å². The first kappa shape index (κ1) is 13.0. The fraction of sp³-hybridized carbons (Fsp3) is 0.263. The van der Waals surface area contributed by atoms with Crippen LogP contribution < -0.4 is 0 Å². The molecule has 0 aliphatic rings. The second-order valence-electron chi connectivity index (χ2n) is 5.69. The minimum Gasteiger partial charge on any atom is -0.337 e. The molecule has 102 valence electrons. The SMILES string of the molecule is CCC(C)(c1ccccc1)n1cc(C)c2ccccc21. The summed E-state index contributed by atoms with van der Waals surface area (Å²) in [5.74, 6) is 0. The largest absolute Gasteiger partial charge is 0.337 e. The monoisotopic (exact) mass is 263 g/mol. The fourth-order valence-corrected chi connectivity index (χ4v) is 3.07. The summed E-state index contributed by atoms with van der Waals surface area (Å²) in [5.41, 5.74) is 4.02. The van der Waals surface area contributed by atoms with Crippen LogP contribution in [0.25, 0.3) is 10.9 Å². The molecule has 3 rings (SSSR count). The molecule has 1 heterocycles. The van der Waals surface area contributed by atoms with Crippen LogP contribution in [-0.4, -0.2) is 4.57 Å². The van der Waals surface area contributed by atoms with Gasteiger partial charge < -0.3 is 4.57 Å². The maximum Gasteiger partial charge on any atom is 0.0666 e. The number of para-hydroxylation sites is 1. The molecule has 0 aliphatic heterocycles. The Kier molecular flexibility index (Phi) is 3.13. The number of benzene rings is 2. The fourth-order valence-electron chi connectivity index (χ4n) is 3.07. The van der Waals surface area contributed by atoms with Gasteiger partial charge in [0.15, 0.2) is 0 Å². The lowest BCUT2D eigenvalue weighted by Gasteiger charge is -2.32. The maximum absolute atomic E-state index is 2.44. The zero-order valence-electron chi connectivity index (χ0n) is 12.4. The van der Waals surface area contributed by atoms with E-state index in [0.717, 1.165) is 6.42 Å². The van der Waals surface area contributed by atoms with Crippen molar-refractivity contribution in [3.05, 3.63) is 71.9 Å². The van der Waals surface area contributed by atoms with Crippen LogP contribution in [0.15, 0.2) is 60.8 Å². The third-order valence-electron chi connectivity index (χ3n) is 4.53. The number of aryl methyl sites for hydroxylation is 1. The Labute approximate surface area is 120 Å². The summed E-state index contributed by atoms with van der Waals surface area (Å²) in [5, 5.41) is 1.35. The third-order valence-corrected chi connectivity index (χ3v) is 4.53. The molecule has 0 spiro atoms. The first-order valence-electron chi connectivity index (χ1n) is 7.29. The first-order chi connectivity index (χ1) is 9.66. The Morgan fingerprint density at radius 2 is 1.60 bits per heavy atom. The highest BCUT2D eigenvalue weighted by Crippen LogP contribution is 2.34. The number of fused-ring (bicyclic) bond motifs is 1. The lowest BCUT2D eigenvalue weighted by Crippen LogP contribution is -2.30. The van der Waals surface area contributed by atoms with E-state index in [1.807, 2.05) is 0 Å². The molecule has 0 saturated carbocycles. The molecule has 2 aromatic carbocycles. The van der Waals surface area contributed by atoms with Crippen molar-refractivity contribution in [3.8, 4) is 0 Å². The van der Waals surface area contributed by atoms with E-state index in [9.17, 15) is 0 Å². The topological polar surface area (TPSA) is 4.93 Å². The Bertz CT molecular complexity index is 724. The molecule has 0 aliphatic carbocycles. The van der Waals surface area contributed by atoms with Crippen molar-refractivity contribution in [2.45, 2.75) is 32.7 Å². The standard InChI is InChI=1S/C19H21N/c1-4-19(3,16-10-6-5-7-11-16)20-14-15(2)17-12-8-9-13-18(17)20/h5-14H,4H2,1-3H3. The zero-order valence-corrected chi connectivity index (χ0v) is 12.4. The van der Waals surface area contributed by atoms with Gasteiger partial charge >= 0.3 is 0 Å². The van der Waals surface area contributed by atoms with Crippen LogP contribution in [0.4, 0.5) is 0 Å². The smallest absolute Gasteiger partial charge is 0.0666 e. The molecule has 1 nitrogen and oxygen atoms in total. The molecule has 0 radical (unpaired) electrons. The van der Waals surface area contributed by atoms with Gasteiger partial charge in [0.2, 0.25) is 0 Å². The molecule has 0 bridgehead atoms. The molecular weight excluding hydrogens is 242 g/mol. The molecule has 20 heavy (non-hydrogen) atoms. The molecule has 1 heteroatoms. The molecule has 0 amide bonds. The normalized spacial score (nSPS) is 14.3. The highest BCUT2D eigenvalue weighted by Gasteiger charge is 2.27. The van der Waals surface area contributed by atoms with Crippen molar-refractivity contribution in [2.75, 3.05) is 0 Å². The Balaban J connectivity index is 2.27. The van der Waals surface area contributed by atoms with Gasteiger partial charge in [-0.3, -0.25) is 0 Å².